The minimum Gasteiger partial charge on any atom is -0.507 e. The van der Waals surface area contributed by atoms with E-state index < -0.39 is 17.9 Å². The molecule has 0 unspecified atom stereocenters. The van der Waals surface area contributed by atoms with Gasteiger partial charge in [-0.1, -0.05) is 18.2 Å². The van der Waals surface area contributed by atoms with E-state index in [0.717, 1.165) is 16.5 Å². The van der Waals surface area contributed by atoms with Gasteiger partial charge < -0.3 is 26.2 Å². The highest BCUT2D eigenvalue weighted by molar-refractivity contribution is 5.99. The van der Waals surface area contributed by atoms with Gasteiger partial charge in [0.25, 0.3) is 5.91 Å². The van der Waals surface area contributed by atoms with Crippen molar-refractivity contribution < 1.29 is 19.8 Å². The van der Waals surface area contributed by atoms with Crippen LogP contribution in [0.4, 0.5) is 5.69 Å². The first kappa shape index (κ1) is 16.4. The minimum atomic E-state index is -1.16. The van der Waals surface area contributed by atoms with Gasteiger partial charge in [-0.3, -0.25) is 4.79 Å². The molecule has 1 aromatic heterocycles. The number of phenolic OH excluding ortho intramolecular Hbond substituents is 1. The molecule has 0 aliphatic carbocycles. The molecule has 0 aliphatic rings. The van der Waals surface area contributed by atoms with Gasteiger partial charge in [-0.25, -0.2) is 4.79 Å². The highest BCUT2D eigenvalue weighted by Gasteiger charge is 2.23. The van der Waals surface area contributed by atoms with Crippen molar-refractivity contribution >= 4 is 28.5 Å². The Morgan fingerprint density at radius 3 is 2.68 bits per heavy atom. The first-order chi connectivity index (χ1) is 12.0. The molecular formula is C18H17N3O4. The lowest BCUT2D eigenvalue weighted by atomic mass is 10.0. The van der Waals surface area contributed by atoms with E-state index >= 15 is 0 Å². The number of hydrogen-bond donors (Lipinski definition) is 5. The smallest absolute Gasteiger partial charge is 0.326 e. The Balaban J connectivity index is 1.82. The monoisotopic (exact) mass is 339 g/mol. The SMILES string of the molecule is Nc1ccc(C(=O)N[C@@H](Cc2c[nH]c3ccccc23)C(=O)O)c(O)c1. The Morgan fingerprint density at radius 2 is 1.96 bits per heavy atom. The van der Waals surface area contributed by atoms with Crippen LogP contribution in [0.1, 0.15) is 15.9 Å². The minimum absolute atomic E-state index is 0.0284. The maximum Gasteiger partial charge on any atom is 0.326 e. The maximum atomic E-state index is 12.3. The molecule has 0 fully saturated rings. The number of amides is 1. The molecule has 2 aromatic carbocycles. The van der Waals surface area contributed by atoms with Crippen LogP contribution >= 0.6 is 0 Å². The van der Waals surface area contributed by atoms with Crippen LogP contribution in [0.25, 0.3) is 10.9 Å². The number of nitrogens with two attached hydrogens (primary N) is 1. The van der Waals surface area contributed by atoms with Gasteiger partial charge >= 0.3 is 5.97 Å². The number of benzene rings is 2. The topological polar surface area (TPSA) is 128 Å². The number of H-pyrrole nitrogens is 1. The summed E-state index contributed by atoms with van der Waals surface area (Å²) in [5.74, 6) is -2.13. The average molecular weight is 339 g/mol. The van der Waals surface area contributed by atoms with Crippen molar-refractivity contribution in [2.24, 2.45) is 0 Å². The van der Waals surface area contributed by atoms with Crippen LogP contribution in [-0.4, -0.2) is 33.1 Å². The van der Waals surface area contributed by atoms with Crippen molar-refractivity contribution in [2.45, 2.75) is 12.5 Å². The quantitative estimate of drug-likeness (QED) is 0.453. The number of fused-ring (bicyclic) bond motifs is 1. The van der Waals surface area contributed by atoms with E-state index in [1.807, 2.05) is 24.3 Å². The molecule has 7 heteroatoms. The van der Waals surface area contributed by atoms with Gasteiger partial charge in [0.1, 0.15) is 11.8 Å². The molecule has 7 nitrogen and oxygen atoms in total. The molecule has 6 N–H and O–H groups in total. The van der Waals surface area contributed by atoms with Gasteiger partial charge in [0.05, 0.1) is 5.56 Å². The third-order valence-corrected chi connectivity index (χ3v) is 3.97. The molecule has 0 aliphatic heterocycles. The summed E-state index contributed by atoms with van der Waals surface area (Å²) < 4.78 is 0. The van der Waals surface area contributed by atoms with Crippen molar-refractivity contribution in [1.82, 2.24) is 10.3 Å². The predicted octanol–water partition coefficient (Wildman–Crippen LogP) is 1.88. The van der Waals surface area contributed by atoms with Gasteiger partial charge in [0.2, 0.25) is 0 Å². The summed E-state index contributed by atoms with van der Waals surface area (Å²) in [6.45, 7) is 0. The standard InChI is InChI=1S/C18H17N3O4/c19-11-5-6-13(16(22)8-11)17(23)21-15(18(24)25)7-10-9-20-14-4-2-1-3-12(10)14/h1-6,8-9,15,20,22H,7,19H2,(H,21,23)(H,24,25)/t15-/m0/s1. The van der Waals surface area contributed by atoms with E-state index in [2.05, 4.69) is 10.3 Å². The number of aromatic hydroxyl groups is 1. The number of carbonyl (C=O) groups excluding carboxylic acids is 1. The number of rotatable bonds is 5. The van der Waals surface area contributed by atoms with Crippen molar-refractivity contribution in [3.05, 3.63) is 59.8 Å². The summed E-state index contributed by atoms with van der Waals surface area (Å²) in [7, 11) is 0. The zero-order valence-electron chi connectivity index (χ0n) is 13.2. The number of carboxylic acids is 1. The van der Waals surface area contributed by atoms with Crippen LogP contribution in [-0.2, 0) is 11.2 Å². The molecule has 3 rings (SSSR count). The van der Waals surface area contributed by atoms with Gasteiger partial charge in [0, 0.05) is 35.3 Å². The van der Waals surface area contributed by atoms with Gasteiger partial charge in [-0.15, -0.1) is 0 Å². The normalized spacial score (nSPS) is 12.0. The maximum absolute atomic E-state index is 12.3. The molecule has 1 atom stereocenters. The van der Waals surface area contributed by atoms with Gasteiger partial charge in [-0.05, 0) is 23.8 Å². The molecule has 0 radical (unpaired) electrons. The second-order valence-electron chi connectivity index (χ2n) is 5.70. The largest absolute Gasteiger partial charge is 0.507 e. The van der Waals surface area contributed by atoms with Crippen LogP contribution in [0, 0.1) is 0 Å². The van der Waals surface area contributed by atoms with Crippen LogP contribution in [0.3, 0.4) is 0 Å². The van der Waals surface area contributed by atoms with E-state index in [9.17, 15) is 19.8 Å². The second-order valence-corrected chi connectivity index (χ2v) is 5.70. The molecule has 0 saturated heterocycles. The van der Waals surface area contributed by atoms with Crippen molar-refractivity contribution in [3.63, 3.8) is 0 Å². The highest BCUT2D eigenvalue weighted by atomic mass is 16.4. The summed E-state index contributed by atoms with van der Waals surface area (Å²) in [5.41, 5.74) is 7.49. The number of aliphatic carboxylic acids is 1. The third-order valence-electron chi connectivity index (χ3n) is 3.97. The zero-order chi connectivity index (χ0) is 18.0. The van der Waals surface area contributed by atoms with Crippen LogP contribution in [0.5, 0.6) is 5.75 Å². The van der Waals surface area contributed by atoms with Gasteiger partial charge in [0.15, 0.2) is 0 Å². The van der Waals surface area contributed by atoms with E-state index in [-0.39, 0.29) is 17.7 Å². The molecule has 0 bridgehead atoms. The summed E-state index contributed by atoms with van der Waals surface area (Å²) in [6, 6.07) is 10.4. The van der Waals surface area contributed by atoms with Crippen LogP contribution < -0.4 is 11.1 Å². The second kappa shape index (κ2) is 6.56. The van der Waals surface area contributed by atoms with E-state index in [0.29, 0.717) is 5.69 Å². The van der Waals surface area contributed by atoms with Gasteiger partial charge in [-0.2, -0.15) is 0 Å². The number of carboxylic acid groups (broad SMARTS) is 1. The number of nitrogens with one attached hydrogen (secondary N) is 2. The Kier molecular flexibility index (Phi) is 4.30. The number of nitrogen functional groups attached to an aromatic ring is 1. The predicted molar refractivity (Wildman–Crippen MR) is 93.4 cm³/mol. The molecule has 128 valence electrons. The van der Waals surface area contributed by atoms with E-state index in [1.54, 1.807) is 6.20 Å². The molecule has 0 spiro atoms. The third kappa shape index (κ3) is 3.40. The fourth-order valence-electron chi connectivity index (χ4n) is 2.70. The first-order valence-corrected chi connectivity index (χ1v) is 7.63. The number of aromatic amines is 1. The number of aromatic nitrogens is 1. The number of anilines is 1. The summed E-state index contributed by atoms with van der Waals surface area (Å²) in [6.07, 6.45) is 1.84. The van der Waals surface area contributed by atoms with Crippen molar-refractivity contribution in [3.8, 4) is 5.75 Å². The Labute approximate surface area is 143 Å². The zero-order valence-corrected chi connectivity index (χ0v) is 13.2. The molecule has 0 saturated carbocycles. The Hall–Kier alpha value is -3.48. The lowest BCUT2D eigenvalue weighted by molar-refractivity contribution is -0.139. The van der Waals surface area contributed by atoms with Crippen molar-refractivity contribution in [2.75, 3.05) is 5.73 Å². The first-order valence-electron chi connectivity index (χ1n) is 7.63. The number of hydrogen-bond acceptors (Lipinski definition) is 4. The van der Waals surface area contributed by atoms with E-state index in [4.69, 9.17) is 5.73 Å². The fraction of sp³-hybridized carbons (Fsp3) is 0.111. The fourth-order valence-corrected chi connectivity index (χ4v) is 2.70. The summed E-state index contributed by atoms with van der Waals surface area (Å²) in [4.78, 5) is 26.9. The van der Waals surface area contributed by atoms with Crippen molar-refractivity contribution in [1.29, 1.82) is 0 Å². The molecule has 1 heterocycles. The lowest BCUT2D eigenvalue weighted by Crippen LogP contribution is -2.42. The number of phenols is 1. The van der Waals surface area contributed by atoms with Crippen LogP contribution in [0.2, 0.25) is 0 Å². The molecule has 1 amide bonds. The molecule has 25 heavy (non-hydrogen) atoms. The number of carbonyl (C=O) groups is 2. The average Bonchev–Trinajstić information content (AvgIpc) is 2.97. The number of para-hydroxylation sites is 1. The lowest BCUT2D eigenvalue weighted by Gasteiger charge is -2.15. The molecular weight excluding hydrogens is 322 g/mol. The van der Waals surface area contributed by atoms with E-state index in [1.165, 1.54) is 18.2 Å². The summed E-state index contributed by atoms with van der Waals surface area (Å²) in [5, 5.41) is 22.6. The Bertz CT molecular complexity index is 948. The Morgan fingerprint density at radius 1 is 1.20 bits per heavy atom. The summed E-state index contributed by atoms with van der Waals surface area (Å²) >= 11 is 0. The molecule has 3 aromatic rings. The van der Waals surface area contributed by atoms with Crippen LogP contribution in [0.15, 0.2) is 48.7 Å². The highest BCUT2D eigenvalue weighted by Crippen LogP contribution is 2.21.